The Labute approximate surface area is 127 Å². The van der Waals surface area contributed by atoms with E-state index >= 15 is 0 Å². The summed E-state index contributed by atoms with van der Waals surface area (Å²) in [5, 5.41) is 3.66. The van der Waals surface area contributed by atoms with E-state index in [0.29, 0.717) is 18.1 Å². The zero-order chi connectivity index (χ0) is 15.0. The van der Waals surface area contributed by atoms with Crippen molar-refractivity contribution >= 4 is 5.91 Å². The molecule has 2 unspecified atom stereocenters. The summed E-state index contributed by atoms with van der Waals surface area (Å²) in [4.78, 5) is 15.1. The average molecular weight is 286 g/mol. The smallest absolute Gasteiger partial charge is 0.254 e. The highest BCUT2D eigenvalue weighted by molar-refractivity contribution is 5.96. The minimum atomic E-state index is 0.213. The maximum atomic E-state index is 13.0. The van der Waals surface area contributed by atoms with Gasteiger partial charge in [-0.2, -0.15) is 0 Å². The van der Waals surface area contributed by atoms with E-state index < -0.39 is 0 Å². The van der Waals surface area contributed by atoms with Crippen LogP contribution in [0.15, 0.2) is 18.2 Å². The van der Waals surface area contributed by atoms with Crippen molar-refractivity contribution in [1.29, 1.82) is 0 Å². The van der Waals surface area contributed by atoms with Crippen LogP contribution in [0.1, 0.15) is 54.1 Å². The number of carbonyl (C=O) groups is 1. The fourth-order valence-electron chi connectivity index (χ4n) is 3.99. The molecule has 0 aliphatic carbocycles. The number of nitrogens with zero attached hydrogens (tertiary/aromatic N) is 1. The molecule has 2 bridgehead atoms. The van der Waals surface area contributed by atoms with E-state index in [4.69, 9.17) is 0 Å². The molecule has 114 valence electrons. The fraction of sp³-hybridized carbons (Fsp3) is 0.611. The van der Waals surface area contributed by atoms with Gasteiger partial charge < -0.3 is 10.2 Å². The van der Waals surface area contributed by atoms with Crippen LogP contribution in [0, 0.1) is 13.8 Å². The van der Waals surface area contributed by atoms with Crippen LogP contribution in [0.2, 0.25) is 0 Å². The van der Waals surface area contributed by atoms with Crippen LogP contribution in [-0.2, 0) is 0 Å². The van der Waals surface area contributed by atoms with E-state index in [1.54, 1.807) is 0 Å². The summed E-state index contributed by atoms with van der Waals surface area (Å²) < 4.78 is 0. The first-order valence-corrected chi connectivity index (χ1v) is 8.23. The third-order valence-electron chi connectivity index (χ3n) is 5.33. The van der Waals surface area contributed by atoms with Crippen molar-refractivity contribution in [3.63, 3.8) is 0 Å². The number of hydrogen-bond donors (Lipinski definition) is 1. The lowest BCUT2D eigenvalue weighted by Gasteiger charge is -2.37. The van der Waals surface area contributed by atoms with Crippen molar-refractivity contribution in [2.24, 2.45) is 0 Å². The molecule has 2 heterocycles. The summed E-state index contributed by atoms with van der Waals surface area (Å²) in [5.41, 5.74) is 3.20. The highest BCUT2D eigenvalue weighted by Crippen LogP contribution is 2.30. The SMILES string of the molecule is CCN(C(=O)c1cccc(C)c1C)C1CC2CCC(C1)N2. The van der Waals surface area contributed by atoms with Gasteiger partial charge in [0.15, 0.2) is 0 Å². The van der Waals surface area contributed by atoms with Crippen LogP contribution >= 0.6 is 0 Å². The Hall–Kier alpha value is -1.35. The Morgan fingerprint density at radius 3 is 2.52 bits per heavy atom. The van der Waals surface area contributed by atoms with E-state index in [0.717, 1.165) is 30.5 Å². The molecule has 0 spiro atoms. The molecule has 1 N–H and O–H groups in total. The Bertz CT molecular complexity index is 528. The third kappa shape index (κ3) is 2.71. The van der Waals surface area contributed by atoms with E-state index in [9.17, 15) is 4.79 Å². The molecule has 1 aromatic rings. The zero-order valence-electron chi connectivity index (χ0n) is 13.4. The maximum Gasteiger partial charge on any atom is 0.254 e. The van der Waals surface area contributed by atoms with Gasteiger partial charge in [0.25, 0.3) is 5.91 Å². The molecular formula is C18H26N2O. The van der Waals surface area contributed by atoms with Gasteiger partial charge in [0, 0.05) is 30.2 Å². The number of rotatable bonds is 3. The predicted octanol–water partition coefficient (Wildman–Crippen LogP) is 3.05. The zero-order valence-corrected chi connectivity index (χ0v) is 13.4. The van der Waals surface area contributed by atoms with Gasteiger partial charge in [-0.15, -0.1) is 0 Å². The molecule has 3 heteroatoms. The van der Waals surface area contributed by atoms with Crippen molar-refractivity contribution in [2.45, 2.75) is 64.6 Å². The lowest BCUT2D eigenvalue weighted by molar-refractivity contribution is 0.0630. The van der Waals surface area contributed by atoms with Crippen LogP contribution in [0.3, 0.4) is 0 Å². The minimum absolute atomic E-state index is 0.213. The van der Waals surface area contributed by atoms with Gasteiger partial charge in [-0.25, -0.2) is 0 Å². The second-order valence-corrected chi connectivity index (χ2v) is 6.60. The summed E-state index contributed by atoms with van der Waals surface area (Å²) in [5.74, 6) is 0.213. The van der Waals surface area contributed by atoms with Crippen LogP contribution in [0.5, 0.6) is 0 Å². The van der Waals surface area contributed by atoms with E-state index in [-0.39, 0.29) is 5.91 Å². The first-order chi connectivity index (χ1) is 10.1. The Morgan fingerprint density at radius 1 is 1.24 bits per heavy atom. The Balaban J connectivity index is 1.82. The molecule has 1 amide bonds. The first-order valence-electron chi connectivity index (χ1n) is 8.23. The summed E-state index contributed by atoms with van der Waals surface area (Å²) in [6, 6.07) is 7.69. The van der Waals surface area contributed by atoms with Crippen molar-refractivity contribution in [3.05, 3.63) is 34.9 Å². The number of aryl methyl sites for hydroxylation is 1. The lowest BCUT2D eigenvalue weighted by Crippen LogP contribution is -2.50. The quantitative estimate of drug-likeness (QED) is 0.926. The summed E-state index contributed by atoms with van der Waals surface area (Å²) >= 11 is 0. The molecule has 3 rings (SSSR count). The standard InChI is InChI=1S/C18H26N2O/c1-4-20(16-10-14-8-9-15(11-16)19-14)18(21)17-7-5-6-12(2)13(17)3/h5-7,14-16,19H,4,8-11H2,1-3H3. The molecule has 2 aliphatic rings. The molecule has 2 saturated heterocycles. The Kier molecular flexibility index (Phi) is 4.03. The molecule has 0 saturated carbocycles. The summed E-state index contributed by atoms with van der Waals surface area (Å²) in [7, 11) is 0. The van der Waals surface area contributed by atoms with Crippen molar-refractivity contribution in [3.8, 4) is 0 Å². The van der Waals surface area contributed by atoms with Crippen molar-refractivity contribution < 1.29 is 4.79 Å². The van der Waals surface area contributed by atoms with E-state index in [1.165, 1.54) is 18.4 Å². The number of carbonyl (C=O) groups excluding carboxylic acids is 1. The van der Waals surface area contributed by atoms with Gasteiger partial charge >= 0.3 is 0 Å². The monoisotopic (exact) mass is 286 g/mol. The molecule has 2 fully saturated rings. The van der Waals surface area contributed by atoms with Gasteiger partial charge in [0.05, 0.1) is 0 Å². The normalized spacial score (nSPS) is 27.7. The molecule has 0 aromatic heterocycles. The fourth-order valence-corrected chi connectivity index (χ4v) is 3.99. The summed E-state index contributed by atoms with van der Waals surface area (Å²) in [6.07, 6.45) is 4.77. The molecule has 0 radical (unpaired) electrons. The Morgan fingerprint density at radius 2 is 1.90 bits per heavy atom. The van der Waals surface area contributed by atoms with Gasteiger partial charge in [0.2, 0.25) is 0 Å². The second kappa shape index (κ2) is 5.80. The van der Waals surface area contributed by atoms with Gasteiger partial charge in [0.1, 0.15) is 0 Å². The minimum Gasteiger partial charge on any atom is -0.336 e. The van der Waals surface area contributed by atoms with E-state index in [2.05, 4.69) is 37.1 Å². The highest BCUT2D eigenvalue weighted by atomic mass is 16.2. The number of piperidine rings is 1. The molecule has 3 nitrogen and oxygen atoms in total. The lowest BCUT2D eigenvalue weighted by atomic mass is 9.96. The van der Waals surface area contributed by atoms with Crippen LogP contribution in [0.25, 0.3) is 0 Å². The number of benzene rings is 1. The first kappa shape index (κ1) is 14.6. The maximum absolute atomic E-state index is 13.0. The highest BCUT2D eigenvalue weighted by Gasteiger charge is 2.37. The number of amides is 1. The van der Waals surface area contributed by atoms with Crippen LogP contribution < -0.4 is 5.32 Å². The van der Waals surface area contributed by atoms with Gasteiger partial charge in [-0.3, -0.25) is 4.79 Å². The summed E-state index contributed by atoms with van der Waals surface area (Å²) in [6.45, 7) is 7.04. The number of hydrogen-bond acceptors (Lipinski definition) is 2. The largest absolute Gasteiger partial charge is 0.336 e. The third-order valence-corrected chi connectivity index (χ3v) is 5.33. The molecule has 21 heavy (non-hydrogen) atoms. The van der Waals surface area contributed by atoms with Crippen molar-refractivity contribution in [2.75, 3.05) is 6.54 Å². The van der Waals surface area contributed by atoms with Gasteiger partial charge in [-0.1, -0.05) is 12.1 Å². The van der Waals surface area contributed by atoms with E-state index in [1.807, 2.05) is 12.1 Å². The topological polar surface area (TPSA) is 32.3 Å². The van der Waals surface area contributed by atoms with Crippen LogP contribution in [-0.4, -0.2) is 35.5 Å². The molecule has 2 aliphatic heterocycles. The van der Waals surface area contributed by atoms with Crippen LogP contribution in [0.4, 0.5) is 0 Å². The molecular weight excluding hydrogens is 260 g/mol. The predicted molar refractivity (Wildman–Crippen MR) is 85.6 cm³/mol. The number of nitrogens with one attached hydrogen (secondary N) is 1. The molecule has 1 aromatic carbocycles. The second-order valence-electron chi connectivity index (χ2n) is 6.60. The van der Waals surface area contributed by atoms with Gasteiger partial charge in [-0.05, 0) is 63.6 Å². The number of fused-ring (bicyclic) bond motifs is 2. The molecule has 2 atom stereocenters. The van der Waals surface area contributed by atoms with Crippen molar-refractivity contribution in [1.82, 2.24) is 10.2 Å². The average Bonchev–Trinajstić information content (AvgIpc) is 2.81.